The standard InChI is InChI=1S/C25H18N4O4S/c30-20-8-5-15(9-21(20)31)11-27-28-22(32)12-29-14-26-24-23(25(29)33)19(13-34-24)18-7-6-16-3-1-2-4-17(16)10-18/h1-11,13-14,30-31H,12H2,(H,28,32)/b27-11+. The first-order valence-corrected chi connectivity index (χ1v) is 11.2. The molecule has 3 aromatic carbocycles. The summed E-state index contributed by atoms with van der Waals surface area (Å²) in [7, 11) is 0. The van der Waals surface area contributed by atoms with Gasteiger partial charge in [0.25, 0.3) is 11.5 Å². The monoisotopic (exact) mass is 470 g/mol. The number of aromatic hydroxyl groups is 2. The number of rotatable bonds is 5. The average molecular weight is 471 g/mol. The van der Waals surface area contributed by atoms with Crippen molar-refractivity contribution < 1.29 is 15.0 Å². The number of phenols is 2. The van der Waals surface area contributed by atoms with Crippen molar-refractivity contribution in [3.8, 4) is 22.6 Å². The highest BCUT2D eigenvalue weighted by Crippen LogP contribution is 2.32. The molecule has 0 radical (unpaired) electrons. The molecule has 0 unspecified atom stereocenters. The van der Waals surface area contributed by atoms with Gasteiger partial charge in [0.05, 0.1) is 17.9 Å². The summed E-state index contributed by atoms with van der Waals surface area (Å²) in [6, 6.07) is 18.2. The third kappa shape index (κ3) is 4.12. The first-order valence-electron chi connectivity index (χ1n) is 10.3. The molecule has 0 bridgehead atoms. The van der Waals surface area contributed by atoms with Crippen LogP contribution in [0.3, 0.4) is 0 Å². The highest BCUT2D eigenvalue weighted by molar-refractivity contribution is 7.17. The summed E-state index contributed by atoms with van der Waals surface area (Å²) in [5.74, 6) is -1.05. The fourth-order valence-electron chi connectivity index (χ4n) is 3.64. The summed E-state index contributed by atoms with van der Waals surface area (Å²) < 4.78 is 1.25. The second-order valence-corrected chi connectivity index (χ2v) is 8.47. The second kappa shape index (κ2) is 8.80. The molecule has 0 aliphatic rings. The van der Waals surface area contributed by atoms with Crippen molar-refractivity contribution in [2.24, 2.45) is 5.10 Å². The number of hydrogen-bond acceptors (Lipinski definition) is 7. The molecule has 0 saturated carbocycles. The molecule has 9 heteroatoms. The Labute approximate surface area is 197 Å². The molecule has 0 atom stereocenters. The summed E-state index contributed by atoms with van der Waals surface area (Å²) in [6.45, 7) is -0.257. The lowest BCUT2D eigenvalue weighted by Crippen LogP contribution is -2.30. The van der Waals surface area contributed by atoms with Crippen molar-refractivity contribution >= 4 is 44.4 Å². The van der Waals surface area contributed by atoms with Crippen LogP contribution in [-0.2, 0) is 11.3 Å². The molecule has 2 aromatic heterocycles. The number of benzene rings is 3. The number of fused-ring (bicyclic) bond motifs is 2. The number of aromatic nitrogens is 2. The Kier molecular flexibility index (Phi) is 5.52. The van der Waals surface area contributed by atoms with E-state index in [0.29, 0.717) is 15.8 Å². The molecular formula is C25H18N4O4S. The molecule has 5 aromatic rings. The van der Waals surface area contributed by atoms with Gasteiger partial charge in [0.2, 0.25) is 0 Å². The van der Waals surface area contributed by atoms with Crippen LogP contribution in [0.5, 0.6) is 11.5 Å². The maximum absolute atomic E-state index is 13.2. The normalized spacial score (nSPS) is 11.4. The number of hydrogen-bond donors (Lipinski definition) is 3. The number of thiophene rings is 1. The minimum Gasteiger partial charge on any atom is -0.504 e. The van der Waals surface area contributed by atoms with Gasteiger partial charge in [0, 0.05) is 10.9 Å². The molecule has 0 spiro atoms. The summed E-state index contributed by atoms with van der Waals surface area (Å²) in [4.78, 5) is 30.5. The fraction of sp³-hybridized carbons (Fsp3) is 0.0400. The van der Waals surface area contributed by atoms with E-state index in [-0.39, 0.29) is 23.6 Å². The Bertz CT molecular complexity index is 1640. The molecule has 0 aliphatic heterocycles. The molecule has 5 rings (SSSR count). The average Bonchev–Trinajstić information content (AvgIpc) is 3.28. The highest BCUT2D eigenvalue weighted by atomic mass is 32.1. The number of nitrogens with one attached hydrogen (secondary N) is 1. The van der Waals surface area contributed by atoms with Gasteiger partial charge in [-0.3, -0.25) is 14.2 Å². The molecule has 168 valence electrons. The number of carbonyl (C=O) groups is 1. The van der Waals surface area contributed by atoms with Gasteiger partial charge < -0.3 is 10.2 Å². The van der Waals surface area contributed by atoms with E-state index in [0.717, 1.165) is 21.9 Å². The number of carbonyl (C=O) groups excluding carboxylic acids is 1. The Morgan fingerprint density at radius 3 is 2.71 bits per heavy atom. The van der Waals surface area contributed by atoms with Crippen molar-refractivity contribution in [1.29, 1.82) is 0 Å². The van der Waals surface area contributed by atoms with Gasteiger partial charge in [-0.25, -0.2) is 10.4 Å². The summed E-state index contributed by atoms with van der Waals surface area (Å²) in [5.41, 5.74) is 4.21. The predicted molar refractivity (Wildman–Crippen MR) is 132 cm³/mol. The van der Waals surface area contributed by atoms with Crippen LogP contribution in [0, 0.1) is 0 Å². The first-order chi connectivity index (χ1) is 16.5. The lowest BCUT2D eigenvalue weighted by molar-refractivity contribution is -0.121. The Morgan fingerprint density at radius 1 is 1.06 bits per heavy atom. The van der Waals surface area contributed by atoms with Gasteiger partial charge >= 0.3 is 0 Å². The molecule has 0 fully saturated rings. The Balaban J connectivity index is 1.39. The van der Waals surface area contributed by atoms with Crippen LogP contribution in [-0.4, -0.2) is 31.9 Å². The Hall–Kier alpha value is -4.50. The van der Waals surface area contributed by atoms with Crippen LogP contribution in [0.25, 0.3) is 32.1 Å². The number of nitrogens with zero attached hydrogens (tertiary/aromatic N) is 3. The highest BCUT2D eigenvalue weighted by Gasteiger charge is 2.15. The van der Waals surface area contributed by atoms with E-state index in [2.05, 4.69) is 15.5 Å². The molecule has 2 heterocycles. The maximum atomic E-state index is 13.2. The van der Waals surface area contributed by atoms with Gasteiger partial charge in [-0.05, 0) is 46.2 Å². The van der Waals surface area contributed by atoms with Crippen LogP contribution in [0.4, 0.5) is 0 Å². The minimum absolute atomic E-state index is 0.250. The van der Waals surface area contributed by atoms with Crippen LogP contribution >= 0.6 is 11.3 Å². The zero-order chi connectivity index (χ0) is 23.7. The summed E-state index contributed by atoms with van der Waals surface area (Å²) >= 11 is 1.38. The topological polar surface area (TPSA) is 117 Å². The zero-order valence-corrected chi connectivity index (χ0v) is 18.5. The van der Waals surface area contributed by atoms with Gasteiger partial charge in [0.15, 0.2) is 11.5 Å². The SMILES string of the molecule is O=C(Cn1cnc2scc(-c3ccc4ccccc4c3)c2c1=O)N/N=C/c1ccc(O)c(O)c1. The van der Waals surface area contributed by atoms with Crippen molar-refractivity contribution in [3.05, 3.63) is 88.3 Å². The van der Waals surface area contributed by atoms with Gasteiger partial charge in [-0.2, -0.15) is 5.10 Å². The molecule has 0 saturated heterocycles. The molecule has 1 amide bonds. The quantitative estimate of drug-likeness (QED) is 0.205. The maximum Gasteiger partial charge on any atom is 0.263 e. The van der Waals surface area contributed by atoms with E-state index < -0.39 is 5.91 Å². The lowest BCUT2D eigenvalue weighted by atomic mass is 10.0. The zero-order valence-electron chi connectivity index (χ0n) is 17.7. The molecule has 3 N–H and O–H groups in total. The molecule has 34 heavy (non-hydrogen) atoms. The van der Waals surface area contributed by atoms with Crippen molar-refractivity contribution in [1.82, 2.24) is 15.0 Å². The third-order valence-corrected chi connectivity index (χ3v) is 6.22. The largest absolute Gasteiger partial charge is 0.504 e. The predicted octanol–water partition coefficient (Wildman–Crippen LogP) is 3.84. The molecular weight excluding hydrogens is 452 g/mol. The molecule has 8 nitrogen and oxygen atoms in total. The van der Waals surface area contributed by atoms with E-state index in [1.54, 1.807) is 0 Å². The van der Waals surface area contributed by atoms with Crippen LogP contribution in [0.15, 0.2) is 82.3 Å². The number of hydrazone groups is 1. The molecule has 0 aliphatic carbocycles. The van der Waals surface area contributed by atoms with Gasteiger partial charge in [-0.15, -0.1) is 11.3 Å². The van der Waals surface area contributed by atoms with Crippen molar-refractivity contribution in [3.63, 3.8) is 0 Å². The Morgan fingerprint density at radius 2 is 1.88 bits per heavy atom. The van der Waals surface area contributed by atoms with E-state index in [1.807, 2.05) is 47.8 Å². The number of amides is 1. The van der Waals surface area contributed by atoms with Crippen molar-refractivity contribution in [2.75, 3.05) is 0 Å². The fourth-order valence-corrected chi connectivity index (χ4v) is 4.55. The van der Waals surface area contributed by atoms with Gasteiger partial charge in [0.1, 0.15) is 11.4 Å². The second-order valence-electron chi connectivity index (χ2n) is 7.61. The summed E-state index contributed by atoms with van der Waals surface area (Å²) in [6.07, 6.45) is 2.67. The number of phenolic OH excluding ortho intramolecular Hbond substituents is 2. The van der Waals surface area contributed by atoms with Crippen molar-refractivity contribution in [2.45, 2.75) is 6.54 Å². The van der Waals surface area contributed by atoms with E-state index in [1.165, 1.54) is 46.6 Å². The van der Waals surface area contributed by atoms with Crippen LogP contribution in [0.2, 0.25) is 0 Å². The minimum atomic E-state index is -0.509. The van der Waals surface area contributed by atoms with E-state index >= 15 is 0 Å². The van der Waals surface area contributed by atoms with E-state index in [9.17, 15) is 19.8 Å². The van der Waals surface area contributed by atoms with Crippen LogP contribution in [0.1, 0.15) is 5.56 Å². The third-order valence-electron chi connectivity index (χ3n) is 5.34. The lowest BCUT2D eigenvalue weighted by Gasteiger charge is -2.06. The van der Waals surface area contributed by atoms with Crippen LogP contribution < -0.4 is 11.0 Å². The smallest absolute Gasteiger partial charge is 0.263 e. The van der Waals surface area contributed by atoms with Gasteiger partial charge in [-0.1, -0.05) is 36.4 Å². The van der Waals surface area contributed by atoms with E-state index in [4.69, 9.17) is 0 Å². The summed E-state index contributed by atoms with van der Waals surface area (Å²) in [5, 5.41) is 27.3. The first kappa shape index (κ1) is 21.4.